The van der Waals surface area contributed by atoms with Crippen molar-refractivity contribution < 1.29 is 9.59 Å². The number of para-hydroxylation sites is 1. The number of aliphatic imine (C=N–C) groups is 1. The van der Waals surface area contributed by atoms with Crippen LogP contribution in [-0.4, -0.2) is 23.7 Å². The minimum atomic E-state index is -1.03. The Kier molecular flexibility index (Phi) is 6.75. The molecule has 0 saturated heterocycles. The van der Waals surface area contributed by atoms with Gasteiger partial charge in [-0.25, -0.2) is 4.99 Å². The first-order chi connectivity index (χ1) is 15.7. The molecule has 1 atom stereocenters. The number of benzene rings is 3. The predicted octanol–water partition coefficient (Wildman–Crippen LogP) is 4.96. The van der Waals surface area contributed by atoms with Crippen LogP contribution in [0.25, 0.3) is 0 Å². The van der Waals surface area contributed by atoms with Gasteiger partial charge >= 0.3 is 0 Å². The van der Waals surface area contributed by atoms with Crippen LogP contribution in [0.5, 0.6) is 0 Å². The number of carbonyl (C=O) groups is 2. The van der Waals surface area contributed by atoms with Crippen molar-refractivity contribution in [2.24, 2.45) is 4.99 Å². The van der Waals surface area contributed by atoms with E-state index in [1.54, 1.807) is 0 Å². The fraction of sp³-hybridized carbons (Fsp3) is 0.222. The Morgan fingerprint density at radius 2 is 1.66 bits per heavy atom. The zero-order valence-corrected chi connectivity index (χ0v) is 18.2. The number of nitrogens with zero attached hydrogens (tertiary/aromatic N) is 1. The molecule has 1 aliphatic heterocycles. The Labute approximate surface area is 188 Å². The van der Waals surface area contributed by atoms with Gasteiger partial charge in [0, 0.05) is 16.7 Å². The molecule has 0 unspecified atom stereocenters. The first-order valence-electron chi connectivity index (χ1n) is 11.1. The number of rotatable bonds is 7. The second-order valence-corrected chi connectivity index (χ2v) is 7.91. The molecule has 162 valence electrons. The minimum Gasteiger partial charge on any atom is -0.322 e. The number of fused-ring (bicyclic) bond motifs is 1. The van der Waals surface area contributed by atoms with Crippen LogP contribution in [0.2, 0.25) is 0 Å². The topological polar surface area (TPSA) is 70.6 Å². The summed E-state index contributed by atoms with van der Waals surface area (Å²) in [5.74, 6) is -0.694. The molecule has 1 heterocycles. The lowest BCUT2D eigenvalue weighted by molar-refractivity contribution is -0.117. The molecular weight excluding hydrogens is 398 g/mol. The van der Waals surface area contributed by atoms with Crippen molar-refractivity contribution in [3.8, 4) is 0 Å². The Morgan fingerprint density at radius 3 is 2.41 bits per heavy atom. The third-order valence-electron chi connectivity index (χ3n) is 5.55. The molecule has 5 heteroatoms. The van der Waals surface area contributed by atoms with E-state index in [2.05, 4.69) is 22.5 Å². The SMILES string of the molecule is CCCCCc1ccc(C(=O)N[C@H]2N=C(c3ccccc3)c3ccccc3NC2=O)cc1. The first kappa shape index (κ1) is 21.5. The monoisotopic (exact) mass is 425 g/mol. The lowest BCUT2D eigenvalue weighted by atomic mass is 10.0. The maximum atomic E-state index is 12.9. The van der Waals surface area contributed by atoms with Gasteiger partial charge in [0.2, 0.25) is 6.17 Å². The van der Waals surface area contributed by atoms with Crippen molar-refractivity contribution in [3.05, 3.63) is 101 Å². The van der Waals surface area contributed by atoms with E-state index in [0.29, 0.717) is 17.0 Å². The smallest absolute Gasteiger partial charge is 0.269 e. The second kappa shape index (κ2) is 10.1. The number of unbranched alkanes of at least 4 members (excludes halogenated alkanes) is 2. The Hall–Kier alpha value is -3.73. The molecule has 1 aliphatic rings. The van der Waals surface area contributed by atoms with Gasteiger partial charge in [0.25, 0.3) is 11.8 Å². The third kappa shape index (κ3) is 4.94. The first-order valence-corrected chi connectivity index (χ1v) is 11.1. The fourth-order valence-electron chi connectivity index (χ4n) is 3.79. The Morgan fingerprint density at radius 1 is 0.938 bits per heavy atom. The summed E-state index contributed by atoms with van der Waals surface area (Å²) in [7, 11) is 0. The molecule has 4 rings (SSSR count). The molecule has 0 fully saturated rings. The van der Waals surface area contributed by atoms with Crippen molar-refractivity contribution in [1.29, 1.82) is 0 Å². The standard InChI is InChI=1S/C27H27N3O2/c1-2-3-5-10-19-15-17-21(18-16-19)26(31)30-25-27(32)28-23-14-9-8-13-22(23)24(29-25)20-11-6-4-7-12-20/h4,6-9,11-18,25H,2-3,5,10H2,1H3,(H,28,32)(H,30,31)/t25-/m1/s1. The summed E-state index contributed by atoms with van der Waals surface area (Å²) in [5, 5.41) is 5.69. The summed E-state index contributed by atoms with van der Waals surface area (Å²) in [6.45, 7) is 2.18. The molecule has 3 aromatic rings. The van der Waals surface area contributed by atoms with Gasteiger partial charge in [-0.05, 0) is 36.6 Å². The average molecular weight is 426 g/mol. The summed E-state index contributed by atoms with van der Waals surface area (Å²) in [4.78, 5) is 30.5. The van der Waals surface area contributed by atoms with Gasteiger partial charge in [-0.2, -0.15) is 0 Å². The number of hydrogen-bond acceptors (Lipinski definition) is 3. The molecule has 0 saturated carbocycles. The van der Waals surface area contributed by atoms with Gasteiger partial charge < -0.3 is 10.6 Å². The highest BCUT2D eigenvalue weighted by atomic mass is 16.2. The summed E-state index contributed by atoms with van der Waals surface area (Å²) in [6, 6.07) is 24.8. The van der Waals surface area contributed by atoms with Gasteiger partial charge in [0.1, 0.15) is 0 Å². The number of amides is 2. The van der Waals surface area contributed by atoms with E-state index >= 15 is 0 Å². The molecule has 3 aromatic carbocycles. The van der Waals surface area contributed by atoms with Crippen molar-refractivity contribution in [1.82, 2.24) is 5.32 Å². The predicted molar refractivity (Wildman–Crippen MR) is 128 cm³/mol. The molecule has 0 spiro atoms. The number of aryl methyl sites for hydroxylation is 1. The molecule has 0 aromatic heterocycles. The highest BCUT2D eigenvalue weighted by molar-refractivity contribution is 6.20. The third-order valence-corrected chi connectivity index (χ3v) is 5.55. The van der Waals surface area contributed by atoms with Crippen LogP contribution in [0.4, 0.5) is 5.69 Å². The normalized spacial score (nSPS) is 15.2. The largest absolute Gasteiger partial charge is 0.322 e. The van der Waals surface area contributed by atoms with E-state index < -0.39 is 6.17 Å². The van der Waals surface area contributed by atoms with Crippen LogP contribution in [0, 0.1) is 0 Å². The van der Waals surface area contributed by atoms with Gasteiger partial charge in [0.15, 0.2) is 0 Å². The van der Waals surface area contributed by atoms with E-state index in [1.165, 1.54) is 18.4 Å². The number of nitrogens with one attached hydrogen (secondary N) is 2. The molecule has 5 nitrogen and oxygen atoms in total. The Bertz CT molecular complexity index is 1120. The van der Waals surface area contributed by atoms with E-state index in [-0.39, 0.29) is 11.8 Å². The van der Waals surface area contributed by atoms with Crippen LogP contribution in [0.3, 0.4) is 0 Å². The summed E-state index contributed by atoms with van der Waals surface area (Å²) >= 11 is 0. The second-order valence-electron chi connectivity index (χ2n) is 7.91. The van der Waals surface area contributed by atoms with Crippen LogP contribution in [0.15, 0.2) is 83.9 Å². The van der Waals surface area contributed by atoms with Crippen LogP contribution < -0.4 is 10.6 Å². The number of benzodiazepines with no additional fused rings is 1. The highest BCUT2D eigenvalue weighted by Crippen LogP contribution is 2.23. The van der Waals surface area contributed by atoms with Crippen molar-refractivity contribution >= 4 is 23.2 Å². The van der Waals surface area contributed by atoms with Crippen molar-refractivity contribution in [3.63, 3.8) is 0 Å². The summed E-state index contributed by atoms with van der Waals surface area (Å²) in [5.41, 5.74) is 4.76. The van der Waals surface area contributed by atoms with Crippen LogP contribution in [-0.2, 0) is 11.2 Å². The van der Waals surface area contributed by atoms with E-state index in [0.717, 1.165) is 24.0 Å². The van der Waals surface area contributed by atoms with Gasteiger partial charge in [-0.1, -0.05) is 80.4 Å². The van der Waals surface area contributed by atoms with Crippen LogP contribution in [0.1, 0.15) is 53.2 Å². The molecule has 0 radical (unpaired) electrons. The molecular formula is C27H27N3O2. The number of anilines is 1. The van der Waals surface area contributed by atoms with Gasteiger partial charge in [-0.15, -0.1) is 0 Å². The zero-order chi connectivity index (χ0) is 22.3. The number of hydrogen-bond donors (Lipinski definition) is 2. The van der Waals surface area contributed by atoms with Gasteiger partial charge in [0.05, 0.1) is 11.4 Å². The lowest BCUT2D eigenvalue weighted by Crippen LogP contribution is -2.42. The summed E-state index contributed by atoms with van der Waals surface area (Å²) < 4.78 is 0. The number of carbonyl (C=O) groups excluding carboxylic acids is 2. The molecule has 32 heavy (non-hydrogen) atoms. The van der Waals surface area contributed by atoms with E-state index in [9.17, 15) is 9.59 Å². The quantitative estimate of drug-likeness (QED) is 0.525. The molecule has 0 bridgehead atoms. The van der Waals surface area contributed by atoms with Crippen LogP contribution >= 0.6 is 0 Å². The maximum absolute atomic E-state index is 12.9. The minimum absolute atomic E-state index is 0.327. The van der Waals surface area contributed by atoms with E-state index in [4.69, 9.17) is 0 Å². The molecule has 2 amide bonds. The van der Waals surface area contributed by atoms with Crippen molar-refractivity contribution in [2.45, 2.75) is 38.8 Å². The summed E-state index contributed by atoms with van der Waals surface area (Å²) in [6.07, 6.45) is 3.49. The lowest BCUT2D eigenvalue weighted by Gasteiger charge is -2.13. The fourth-order valence-corrected chi connectivity index (χ4v) is 3.79. The Balaban J connectivity index is 1.58. The zero-order valence-electron chi connectivity index (χ0n) is 18.2. The molecule has 2 N–H and O–H groups in total. The highest BCUT2D eigenvalue weighted by Gasteiger charge is 2.27. The average Bonchev–Trinajstić information content (AvgIpc) is 2.96. The molecule has 0 aliphatic carbocycles. The van der Waals surface area contributed by atoms with Gasteiger partial charge in [-0.3, -0.25) is 9.59 Å². The van der Waals surface area contributed by atoms with E-state index in [1.807, 2.05) is 78.9 Å². The maximum Gasteiger partial charge on any atom is 0.269 e. The van der Waals surface area contributed by atoms with Crippen molar-refractivity contribution in [2.75, 3.05) is 5.32 Å².